The Hall–Kier alpha value is -1.04. The van der Waals surface area contributed by atoms with E-state index in [9.17, 15) is 19.8 Å². The fourth-order valence-corrected chi connectivity index (χ4v) is 7.34. The van der Waals surface area contributed by atoms with E-state index in [1.165, 1.54) is 32.1 Å². The van der Waals surface area contributed by atoms with Crippen molar-refractivity contribution in [3.8, 4) is 0 Å². The Morgan fingerprint density at radius 3 is 2.38 bits per heavy atom. The maximum atomic E-state index is 11.8. The first-order chi connectivity index (χ1) is 18.0. The zero-order valence-electron chi connectivity index (χ0n) is 22.1. The second-order valence-electron chi connectivity index (χ2n) is 9.67. The molecule has 2 rings (SSSR count). The van der Waals surface area contributed by atoms with Crippen molar-refractivity contribution in [2.75, 3.05) is 57.6 Å². The number of nitrogens with one attached hydrogen (secondary N) is 1. The number of carbonyl (C=O) groups is 2. The van der Waals surface area contributed by atoms with Crippen LogP contribution >= 0.6 is 23.5 Å². The van der Waals surface area contributed by atoms with Gasteiger partial charge in [-0.2, -0.15) is 11.8 Å². The van der Waals surface area contributed by atoms with Crippen molar-refractivity contribution in [2.24, 2.45) is 11.8 Å². The summed E-state index contributed by atoms with van der Waals surface area (Å²) in [6.07, 6.45) is 10.6. The zero-order chi connectivity index (χ0) is 26.9. The van der Waals surface area contributed by atoms with Crippen LogP contribution in [0.2, 0.25) is 0 Å². The van der Waals surface area contributed by atoms with Crippen molar-refractivity contribution in [2.45, 2.75) is 61.6 Å². The molecule has 0 aliphatic carbocycles. The standard InChI is InChI=1S/C27H46N2O6S2/c1-3-26(32)34-15-17-37-25(20-35-27(33)4-2)29-13-10-22(7-5-6-21-8-11-28-12-9-21)18-23(29)24(19-31)36-16-14-30/h3-4,21-25,28,30-31H,1-2,5-20H2. The van der Waals surface area contributed by atoms with Gasteiger partial charge in [-0.1, -0.05) is 32.4 Å². The van der Waals surface area contributed by atoms with Crippen LogP contribution in [-0.4, -0.2) is 101 Å². The fourth-order valence-electron chi connectivity index (χ4n) is 5.27. The largest absolute Gasteiger partial charge is 0.462 e. The SMILES string of the molecule is C=CC(=O)OCCSC(COC(=O)C=C)N1CCC(CCCC2CCNCC2)CC1C(CO)SCCO. The summed E-state index contributed by atoms with van der Waals surface area (Å²) in [5.41, 5.74) is 0. The number of esters is 2. The molecule has 0 aromatic carbocycles. The Bertz CT molecular complexity index is 692. The number of likely N-dealkylation sites (tertiary alicyclic amines) is 1. The lowest BCUT2D eigenvalue weighted by Gasteiger charge is -2.46. The summed E-state index contributed by atoms with van der Waals surface area (Å²) in [4.78, 5) is 25.6. The number of rotatable bonds is 18. The molecular weight excluding hydrogens is 512 g/mol. The molecule has 10 heteroatoms. The summed E-state index contributed by atoms with van der Waals surface area (Å²) in [6.45, 7) is 10.5. The molecule has 2 fully saturated rings. The fraction of sp³-hybridized carbons (Fsp3) is 0.778. The van der Waals surface area contributed by atoms with E-state index < -0.39 is 11.9 Å². The van der Waals surface area contributed by atoms with Gasteiger partial charge in [-0.25, -0.2) is 9.59 Å². The van der Waals surface area contributed by atoms with Crippen LogP contribution < -0.4 is 5.32 Å². The van der Waals surface area contributed by atoms with Gasteiger partial charge in [-0.05, 0) is 57.2 Å². The van der Waals surface area contributed by atoms with E-state index in [1.54, 1.807) is 23.5 Å². The molecule has 8 nitrogen and oxygen atoms in total. The number of piperidine rings is 2. The normalized spacial score (nSPS) is 22.6. The first-order valence-electron chi connectivity index (χ1n) is 13.5. The molecule has 0 aromatic heterocycles. The number of aliphatic hydroxyl groups is 2. The highest BCUT2D eigenvalue weighted by Gasteiger charge is 2.38. The minimum Gasteiger partial charge on any atom is -0.462 e. The van der Waals surface area contributed by atoms with Gasteiger partial charge in [0.05, 0.1) is 18.6 Å². The van der Waals surface area contributed by atoms with Crippen molar-refractivity contribution in [3.63, 3.8) is 0 Å². The minimum absolute atomic E-state index is 0.0222. The van der Waals surface area contributed by atoms with Crippen LogP contribution in [0, 0.1) is 11.8 Å². The van der Waals surface area contributed by atoms with Crippen LogP contribution in [0.3, 0.4) is 0 Å². The zero-order valence-corrected chi connectivity index (χ0v) is 23.7. The second-order valence-corrected chi connectivity index (χ2v) is 12.3. The number of nitrogens with zero attached hydrogens (tertiary/aromatic N) is 1. The maximum Gasteiger partial charge on any atom is 0.330 e. The quantitative estimate of drug-likeness (QED) is 0.132. The highest BCUT2D eigenvalue weighted by molar-refractivity contribution is 8.00. The molecule has 4 atom stereocenters. The summed E-state index contributed by atoms with van der Waals surface area (Å²) in [5, 5.41) is 23.0. The van der Waals surface area contributed by atoms with Crippen molar-refractivity contribution in [1.29, 1.82) is 0 Å². The lowest BCUT2D eigenvalue weighted by molar-refractivity contribution is -0.139. The molecule has 0 amide bonds. The van der Waals surface area contributed by atoms with E-state index in [0.29, 0.717) is 17.4 Å². The van der Waals surface area contributed by atoms with Gasteiger partial charge in [0.25, 0.3) is 0 Å². The third-order valence-corrected chi connectivity index (χ3v) is 9.73. The highest BCUT2D eigenvalue weighted by Crippen LogP contribution is 2.36. The topological polar surface area (TPSA) is 108 Å². The number of ether oxygens (including phenoxy) is 2. The van der Waals surface area contributed by atoms with Gasteiger partial charge >= 0.3 is 11.9 Å². The van der Waals surface area contributed by atoms with Gasteiger partial charge in [0.1, 0.15) is 13.2 Å². The first-order valence-corrected chi connectivity index (χ1v) is 15.6. The van der Waals surface area contributed by atoms with E-state index in [4.69, 9.17) is 9.47 Å². The molecule has 4 unspecified atom stereocenters. The molecule has 37 heavy (non-hydrogen) atoms. The summed E-state index contributed by atoms with van der Waals surface area (Å²) < 4.78 is 10.6. The van der Waals surface area contributed by atoms with E-state index in [2.05, 4.69) is 23.4 Å². The summed E-state index contributed by atoms with van der Waals surface area (Å²) in [5.74, 6) is 1.60. The average molecular weight is 559 g/mol. The second kappa shape index (κ2) is 19.1. The molecule has 2 heterocycles. The molecule has 0 spiro atoms. The highest BCUT2D eigenvalue weighted by atomic mass is 32.2. The molecule has 3 N–H and O–H groups in total. The lowest BCUT2D eigenvalue weighted by Crippen LogP contribution is -2.54. The molecule has 2 aliphatic heterocycles. The van der Waals surface area contributed by atoms with Gasteiger partial charge in [-0.15, -0.1) is 11.8 Å². The third kappa shape index (κ3) is 12.1. The van der Waals surface area contributed by atoms with Crippen LogP contribution in [0.5, 0.6) is 0 Å². The predicted molar refractivity (Wildman–Crippen MR) is 152 cm³/mol. The number of hydrogen-bond acceptors (Lipinski definition) is 10. The van der Waals surface area contributed by atoms with Gasteiger partial charge in [-0.3, -0.25) is 4.90 Å². The number of thioether (sulfide) groups is 2. The third-order valence-electron chi connectivity index (χ3n) is 7.22. The Labute approximate surface area is 231 Å². The van der Waals surface area contributed by atoms with Gasteiger partial charge in [0.15, 0.2) is 0 Å². The predicted octanol–water partition coefficient (Wildman–Crippen LogP) is 2.84. The Kier molecular flexibility index (Phi) is 16.6. The molecule has 2 saturated heterocycles. The van der Waals surface area contributed by atoms with Gasteiger partial charge < -0.3 is 25.0 Å². The molecule has 0 bridgehead atoms. The van der Waals surface area contributed by atoms with Crippen molar-refractivity contribution in [1.82, 2.24) is 10.2 Å². The van der Waals surface area contributed by atoms with Crippen LogP contribution in [0.4, 0.5) is 0 Å². The van der Waals surface area contributed by atoms with E-state index in [-0.39, 0.29) is 43.1 Å². The van der Waals surface area contributed by atoms with Crippen molar-refractivity contribution in [3.05, 3.63) is 25.3 Å². The Morgan fingerprint density at radius 2 is 1.70 bits per heavy atom. The molecule has 2 aliphatic rings. The van der Waals surface area contributed by atoms with E-state index in [1.807, 2.05) is 0 Å². The van der Waals surface area contributed by atoms with Crippen LogP contribution in [-0.2, 0) is 19.1 Å². The molecule has 212 valence electrons. The van der Waals surface area contributed by atoms with Gasteiger partial charge in [0, 0.05) is 34.9 Å². The molecular formula is C27H46N2O6S2. The number of hydrogen-bond donors (Lipinski definition) is 3. The van der Waals surface area contributed by atoms with Crippen LogP contribution in [0.25, 0.3) is 0 Å². The summed E-state index contributed by atoms with van der Waals surface area (Å²) >= 11 is 3.18. The Balaban J connectivity index is 2.05. The average Bonchev–Trinajstić information content (AvgIpc) is 2.93. The van der Waals surface area contributed by atoms with Crippen molar-refractivity contribution < 1.29 is 29.3 Å². The van der Waals surface area contributed by atoms with Crippen LogP contribution in [0.1, 0.15) is 44.9 Å². The van der Waals surface area contributed by atoms with Crippen LogP contribution in [0.15, 0.2) is 25.3 Å². The number of carbonyl (C=O) groups excluding carboxylic acids is 2. The minimum atomic E-state index is -0.471. The van der Waals surface area contributed by atoms with E-state index in [0.717, 1.165) is 50.5 Å². The lowest BCUT2D eigenvalue weighted by atomic mass is 9.83. The molecule has 0 saturated carbocycles. The summed E-state index contributed by atoms with van der Waals surface area (Å²) in [6, 6.07) is 0.0924. The monoisotopic (exact) mass is 558 g/mol. The number of aliphatic hydroxyl groups excluding tert-OH is 2. The van der Waals surface area contributed by atoms with Gasteiger partial charge in [0.2, 0.25) is 0 Å². The van der Waals surface area contributed by atoms with E-state index >= 15 is 0 Å². The Morgan fingerprint density at radius 1 is 1.00 bits per heavy atom. The van der Waals surface area contributed by atoms with Crippen molar-refractivity contribution >= 4 is 35.5 Å². The maximum absolute atomic E-state index is 11.8. The smallest absolute Gasteiger partial charge is 0.330 e. The summed E-state index contributed by atoms with van der Waals surface area (Å²) in [7, 11) is 0. The molecule has 0 aromatic rings. The molecule has 0 radical (unpaired) electrons. The first kappa shape index (κ1) is 32.2.